The summed E-state index contributed by atoms with van der Waals surface area (Å²) in [5, 5.41) is 6.21. The van der Waals surface area contributed by atoms with E-state index < -0.39 is 10.0 Å². The lowest BCUT2D eigenvalue weighted by molar-refractivity contribution is 0.0950. The van der Waals surface area contributed by atoms with Crippen LogP contribution in [0.15, 0.2) is 47.4 Å². The van der Waals surface area contributed by atoms with Crippen molar-refractivity contribution in [3.8, 4) is 0 Å². The van der Waals surface area contributed by atoms with E-state index in [1.165, 1.54) is 24.3 Å². The first-order chi connectivity index (χ1) is 12.9. The van der Waals surface area contributed by atoms with Crippen LogP contribution in [0.25, 0.3) is 0 Å². The Hall–Kier alpha value is -2.38. The highest BCUT2D eigenvalue weighted by molar-refractivity contribution is 7.92. The summed E-state index contributed by atoms with van der Waals surface area (Å²) in [5.74, 6) is -0.199. The van der Waals surface area contributed by atoms with E-state index in [0.717, 1.165) is 30.5 Å². The molecule has 0 bridgehead atoms. The Morgan fingerprint density at radius 3 is 2.56 bits per heavy atom. The summed E-state index contributed by atoms with van der Waals surface area (Å²) < 4.78 is 27.9. The van der Waals surface area contributed by atoms with E-state index in [9.17, 15) is 13.2 Å². The van der Waals surface area contributed by atoms with Crippen LogP contribution in [-0.4, -0.2) is 33.5 Å². The van der Waals surface area contributed by atoms with Crippen LogP contribution in [0.2, 0.25) is 0 Å². The third kappa shape index (κ3) is 4.67. The van der Waals surface area contributed by atoms with E-state index in [1.54, 1.807) is 6.07 Å². The molecule has 144 valence electrons. The quantitative estimate of drug-likeness (QED) is 0.711. The molecular weight excluding hydrogens is 362 g/mol. The molecule has 3 rings (SSSR count). The molecule has 1 heterocycles. The van der Waals surface area contributed by atoms with Crippen molar-refractivity contribution >= 4 is 21.6 Å². The maximum atomic E-state index is 12.6. The predicted molar refractivity (Wildman–Crippen MR) is 107 cm³/mol. The topological polar surface area (TPSA) is 87.3 Å². The number of nitrogens with one attached hydrogen (secondary N) is 3. The molecule has 1 aliphatic rings. The van der Waals surface area contributed by atoms with Gasteiger partial charge in [0.25, 0.3) is 15.9 Å². The standard InChI is InChI=1S/C20H25N3O3S/c1-14-5-3-7-19(15(14)2)23-27(25,26)18-10-8-16(9-11-18)20(24)22-13-17-6-4-12-21-17/h3,5,7-11,17,21,23H,4,6,12-13H2,1-2H3,(H,22,24). The van der Waals surface area contributed by atoms with E-state index in [0.29, 0.717) is 23.8 Å². The van der Waals surface area contributed by atoms with E-state index in [1.807, 2.05) is 26.0 Å². The largest absolute Gasteiger partial charge is 0.350 e. The Balaban J connectivity index is 1.68. The third-order valence-corrected chi connectivity index (χ3v) is 6.33. The minimum Gasteiger partial charge on any atom is -0.350 e. The van der Waals surface area contributed by atoms with Crippen molar-refractivity contribution in [3.63, 3.8) is 0 Å². The lowest BCUT2D eigenvalue weighted by atomic mass is 10.1. The van der Waals surface area contributed by atoms with Gasteiger partial charge in [-0.25, -0.2) is 8.42 Å². The molecule has 1 atom stereocenters. The molecule has 2 aromatic rings. The summed E-state index contributed by atoms with van der Waals surface area (Å²) in [5.41, 5.74) is 2.90. The molecule has 6 nitrogen and oxygen atoms in total. The number of hydrogen-bond acceptors (Lipinski definition) is 4. The Morgan fingerprint density at radius 1 is 1.15 bits per heavy atom. The summed E-state index contributed by atoms with van der Waals surface area (Å²) in [6.07, 6.45) is 2.18. The Bertz CT molecular complexity index is 918. The maximum absolute atomic E-state index is 12.6. The molecule has 1 saturated heterocycles. The van der Waals surface area contributed by atoms with Crippen LogP contribution in [0.5, 0.6) is 0 Å². The lowest BCUT2D eigenvalue weighted by Crippen LogP contribution is -2.37. The zero-order valence-corrected chi connectivity index (χ0v) is 16.4. The number of carbonyl (C=O) groups excluding carboxylic acids is 1. The smallest absolute Gasteiger partial charge is 0.261 e. The van der Waals surface area contributed by atoms with Gasteiger partial charge >= 0.3 is 0 Å². The van der Waals surface area contributed by atoms with Gasteiger partial charge in [-0.05, 0) is 74.7 Å². The Labute approximate surface area is 160 Å². The average Bonchev–Trinajstić information content (AvgIpc) is 3.17. The van der Waals surface area contributed by atoms with Crippen molar-refractivity contribution in [1.29, 1.82) is 0 Å². The molecule has 0 aromatic heterocycles. The van der Waals surface area contributed by atoms with Crippen LogP contribution in [0.3, 0.4) is 0 Å². The molecular formula is C20H25N3O3S. The Morgan fingerprint density at radius 2 is 1.89 bits per heavy atom. The second kappa shape index (κ2) is 8.10. The number of rotatable bonds is 6. The molecule has 2 aromatic carbocycles. The summed E-state index contributed by atoms with van der Waals surface area (Å²) >= 11 is 0. The highest BCUT2D eigenvalue weighted by atomic mass is 32.2. The molecule has 0 aliphatic carbocycles. The highest BCUT2D eigenvalue weighted by Crippen LogP contribution is 2.22. The number of amides is 1. The fourth-order valence-electron chi connectivity index (χ4n) is 3.10. The van der Waals surface area contributed by atoms with Gasteiger partial charge in [0.05, 0.1) is 10.6 Å². The van der Waals surface area contributed by atoms with Gasteiger partial charge in [-0.1, -0.05) is 12.1 Å². The van der Waals surface area contributed by atoms with Gasteiger partial charge in [-0.15, -0.1) is 0 Å². The van der Waals surface area contributed by atoms with Crippen molar-refractivity contribution in [1.82, 2.24) is 10.6 Å². The number of sulfonamides is 1. The second-order valence-electron chi connectivity index (χ2n) is 6.88. The summed E-state index contributed by atoms with van der Waals surface area (Å²) in [6, 6.07) is 11.8. The molecule has 3 N–H and O–H groups in total. The zero-order chi connectivity index (χ0) is 19.4. The van der Waals surface area contributed by atoms with E-state index >= 15 is 0 Å². The Kier molecular flexibility index (Phi) is 5.82. The van der Waals surface area contributed by atoms with Crippen molar-refractivity contribution in [2.75, 3.05) is 17.8 Å². The maximum Gasteiger partial charge on any atom is 0.261 e. The fourth-order valence-corrected chi connectivity index (χ4v) is 4.22. The lowest BCUT2D eigenvalue weighted by Gasteiger charge is -2.13. The van der Waals surface area contributed by atoms with Gasteiger partial charge in [0.1, 0.15) is 0 Å². The van der Waals surface area contributed by atoms with E-state index in [-0.39, 0.29) is 10.8 Å². The molecule has 1 aliphatic heterocycles. The summed E-state index contributed by atoms with van der Waals surface area (Å²) in [4.78, 5) is 12.4. The first-order valence-electron chi connectivity index (χ1n) is 9.07. The SMILES string of the molecule is Cc1cccc(NS(=O)(=O)c2ccc(C(=O)NCC3CCCN3)cc2)c1C. The van der Waals surface area contributed by atoms with Gasteiger partial charge < -0.3 is 10.6 Å². The molecule has 0 spiro atoms. The normalized spacial score (nSPS) is 16.9. The predicted octanol–water partition coefficient (Wildman–Crippen LogP) is 2.59. The van der Waals surface area contributed by atoms with Crippen LogP contribution in [-0.2, 0) is 10.0 Å². The summed E-state index contributed by atoms with van der Waals surface area (Å²) in [7, 11) is -3.71. The molecule has 0 radical (unpaired) electrons. The molecule has 7 heteroatoms. The number of carbonyl (C=O) groups is 1. The zero-order valence-electron chi connectivity index (χ0n) is 15.6. The minimum atomic E-state index is -3.71. The van der Waals surface area contributed by atoms with Crippen molar-refractivity contribution < 1.29 is 13.2 Å². The van der Waals surface area contributed by atoms with Crippen LogP contribution >= 0.6 is 0 Å². The monoisotopic (exact) mass is 387 g/mol. The van der Waals surface area contributed by atoms with E-state index in [2.05, 4.69) is 15.4 Å². The first kappa shape index (κ1) is 19.4. The van der Waals surface area contributed by atoms with Gasteiger partial charge in [-0.2, -0.15) is 0 Å². The van der Waals surface area contributed by atoms with Crippen LogP contribution in [0.1, 0.15) is 34.3 Å². The van der Waals surface area contributed by atoms with Crippen molar-refractivity contribution in [2.45, 2.75) is 37.6 Å². The van der Waals surface area contributed by atoms with Crippen LogP contribution in [0.4, 0.5) is 5.69 Å². The van der Waals surface area contributed by atoms with Gasteiger partial charge in [0.2, 0.25) is 0 Å². The van der Waals surface area contributed by atoms with Gasteiger partial charge in [0, 0.05) is 18.2 Å². The highest BCUT2D eigenvalue weighted by Gasteiger charge is 2.18. The number of hydrogen-bond donors (Lipinski definition) is 3. The molecule has 27 heavy (non-hydrogen) atoms. The molecule has 1 amide bonds. The average molecular weight is 388 g/mol. The van der Waals surface area contributed by atoms with Crippen LogP contribution in [0, 0.1) is 13.8 Å². The number of anilines is 1. The van der Waals surface area contributed by atoms with E-state index in [4.69, 9.17) is 0 Å². The van der Waals surface area contributed by atoms with Crippen molar-refractivity contribution in [2.24, 2.45) is 0 Å². The second-order valence-corrected chi connectivity index (χ2v) is 8.56. The molecule has 1 unspecified atom stereocenters. The van der Waals surface area contributed by atoms with Gasteiger partial charge in [0.15, 0.2) is 0 Å². The molecule has 0 saturated carbocycles. The van der Waals surface area contributed by atoms with Crippen LogP contribution < -0.4 is 15.4 Å². The van der Waals surface area contributed by atoms with Crippen molar-refractivity contribution in [3.05, 3.63) is 59.2 Å². The fraction of sp³-hybridized carbons (Fsp3) is 0.350. The first-order valence-corrected chi connectivity index (χ1v) is 10.6. The number of aryl methyl sites for hydroxylation is 1. The minimum absolute atomic E-state index is 0.123. The molecule has 1 fully saturated rings. The summed E-state index contributed by atoms with van der Waals surface area (Å²) in [6.45, 7) is 5.37. The third-order valence-electron chi connectivity index (χ3n) is 4.95. The number of benzene rings is 2. The van der Waals surface area contributed by atoms with Gasteiger partial charge in [-0.3, -0.25) is 9.52 Å².